The van der Waals surface area contributed by atoms with Crippen molar-refractivity contribution in [3.63, 3.8) is 0 Å². The third kappa shape index (κ3) is 2.68. The van der Waals surface area contributed by atoms with Crippen molar-refractivity contribution in [2.45, 2.75) is 19.6 Å². The van der Waals surface area contributed by atoms with E-state index in [-0.39, 0.29) is 12.1 Å². The van der Waals surface area contributed by atoms with Crippen molar-refractivity contribution in [2.75, 3.05) is 0 Å². The second-order valence-corrected chi connectivity index (χ2v) is 3.88. The van der Waals surface area contributed by atoms with Gasteiger partial charge in [0.15, 0.2) is 0 Å². The Morgan fingerprint density at radius 1 is 1.41 bits per heavy atom. The van der Waals surface area contributed by atoms with Crippen LogP contribution in [0, 0.1) is 11.6 Å². The largest absolute Gasteiger partial charge is 0.389 e. The van der Waals surface area contributed by atoms with Gasteiger partial charge in [-0.25, -0.2) is 8.78 Å². The van der Waals surface area contributed by atoms with Crippen molar-refractivity contribution in [3.05, 3.63) is 53.4 Å². The Morgan fingerprint density at radius 3 is 2.82 bits per heavy atom. The van der Waals surface area contributed by atoms with Gasteiger partial charge in [-0.1, -0.05) is 0 Å². The molecule has 1 atom stereocenters. The van der Waals surface area contributed by atoms with E-state index in [9.17, 15) is 13.9 Å². The molecule has 0 aliphatic heterocycles. The molecular formula is C12H12F2N2O. The first kappa shape index (κ1) is 11.7. The summed E-state index contributed by atoms with van der Waals surface area (Å²) >= 11 is 0. The maximum Gasteiger partial charge on any atom is 0.128 e. The minimum absolute atomic E-state index is 0.135. The van der Waals surface area contributed by atoms with Gasteiger partial charge in [0, 0.05) is 17.3 Å². The summed E-state index contributed by atoms with van der Waals surface area (Å²) < 4.78 is 27.8. The summed E-state index contributed by atoms with van der Waals surface area (Å²) in [6.07, 6.45) is 2.48. The average molecular weight is 238 g/mol. The molecule has 0 bridgehead atoms. The molecule has 1 heterocycles. The molecule has 0 spiro atoms. The normalized spacial score (nSPS) is 12.7. The number of nitrogens with zero attached hydrogens (tertiary/aromatic N) is 2. The molecule has 1 unspecified atom stereocenters. The van der Waals surface area contributed by atoms with Gasteiger partial charge in [-0.05, 0) is 25.1 Å². The minimum atomic E-state index is -0.624. The van der Waals surface area contributed by atoms with Crippen LogP contribution >= 0.6 is 0 Å². The number of benzene rings is 1. The molecule has 0 radical (unpaired) electrons. The van der Waals surface area contributed by atoms with Gasteiger partial charge in [0.1, 0.15) is 11.6 Å². The Labute approximate surface area is 97.3 Å². The van der Waals surface area contributed by atoms with Gasteiger partial charge in [-0.2, -0.15) is 5.10 Å². The molecule has 1 N–H and O–H groups in total. The molecule has 90 valence electrons. The average Bonchev–Trinajstić information content (AvgIpc) is 2.72. The highest BCUT2D eigenvalue weighted by Crippen LogP contribution is 2.14. The molecule has 0 fully saturated rings. The van der Waals surface area contributed by atoms with Crippen LogP contribution in [0.1, 0.15) is 24.2 Å². The molecule has 1 aromatic carbocycles. The van der Waals surface area contributed by atoms with E-state index in [1.165, 1.54) is 10.9 Å². The number of halogens is 2. The number of hydrogen-bond donors (Lipinski definition) is 1. The molecule has 0 amide bonds. The fourth-order valence-corrected chi connectivity index (χ4v) is 1.52. The van der Waals surface area contributed by atoms with Gasteiger partial charge in [0.05, 0.1) is 18.8 Å². The van der Waals surface area contributed by atoms with Gasteiger partial charge >= 0.3 is 0 Å². The first-order chi connectivity index (χ1) is 8.06. The summed E-state index contributed by atoms with van der Waals surface area (Å²) in [5.74, 6) is -0.954. The molecule has 3 nitrogen and oxygen atoms in total. The van der Waals surface area contributed by atoms with Gasteiger partial charge in [-0.3, -0.25) is 4.68 Å². The van der Waals surface area contributed by atoms with Gasteiger partial charge in [-0.15, -0.1) is 0 Å². The lowest BCUT2D eigenvalue weighted by Crippen LogP contribution is -2.03. The molecule has 1 aromatic heterocycles. The second-order valence-electron chi connectivity index (χ2n) is 3.88. The van der Waals surface area contributed by atoms with E-state index in [1.807, 2.05) is 0 Å². The van der Waals surface area contributed by atoms with Gasteiger partial charge in [0.25, 0.3) is 0 Å². The van der Waals surface area contributed by atoms with E-state index in [0.717, 1.165) is 18.2 Å². The van der Waals surface area contributed by atoms with Crippen LogP contribution in [0.4, 0.5) is 8.78 Å². The van der Waals surface area contributed by atoms with E-state index in [2.05, 4.69) is 5.10 Å². The van der Waals surface area contributed by atoms with Crippen molar-refractivity contribution < 1.29 is 13.9 Å². The summed E-state index contributed by atoms with van der Waals surface area (Å²) in [7, 11) is 0. The maximum absolute atomic E-state index is 13.4. The van der Waals surface area contributed by atoms with Crippen LogP contribution in [0.2, 0.25) is 0 Å². The Hall–Kier alpha value is -1.75. The van der Waals surface area contributed by atoms with Crippen molar-refractivity contribution in [1.29, 1.82) is 0 Å². The Kier molecular flexibility index (Phi) is 3.19. The zero-order valence-corrected chi connectivity index (χ0v) is 9.27. The Balaban J connectivity index is 2.22. The number of rotatable bonds is 3. The highest BCUT2D eigenvalue weighted by Gasteiger charge is 2.08. The summed E-state index contributed by atoms with van der Waals surface area (Å²) in [5.41, 5.74) is 0.868. The van der Waals surface area contributed by atoms with Crippen molar-refractivity contribution in [2.24, 2.45) is 0 Å². The van der Waals surface area contributed by atoms with Gasteiger partial charge < -0.3 is 5.11 Å². The van der Waals surface area contributed by atoms with Crippen LogP contribution in [-0.2, 0) is 6.54 Å². The quantitative estimate of drug-likeness (QED) is 0.890. The van der Waals surface area contributed by atoms with Crippen molar-refractivity contribution in [3.8, 4) is 0 Å². The fraction of sp³-hybridized carbons (Fsp3) is 0.250. The summed E-state index contributed by atoms with van der Waals surface area (Å²) in [6.45, 7) is 1.75. The molecule has 5 heteroatoms. The molecule has 0 saturated heterocycles. The lowest BCUT2D eigenvalue weighted by Gasteiger charge is -2.04. The third-order valence-corrected chi connectivity index (χ3v) is 2.48. The van der Waals surface area contributed by atoms with E-state index in [0.29, 0.717) is 5.56 Å². The zero-order chi connectivity index (χ0) is 12.4. The summed E-state index contributed by atoms with van der Waals surface area (Å²) in [5, 5.41) is 13.3. The zero-order valence-electron chi connectivity index (χ0n) is 9.27. The first-order valence-corrected chi connectivity index (χ1v) is 5.20. The third-order valence-electron chi connectivity index (χ3n) is 2.48. The smallest absolute Gasteiger partial charge is 0.128 e. The molecule has 2 aromatic rings. The predicted octanol–water partition coefficient (Wildman–Crippen LogP) is 2.26. The second kappa shape index (κ2) is 4.63. The lowest BCUT2D eigenvalue weighted by atomic mass is 10.2. The molecule has 2 rings (SSSR count). The number of aliphatic hydroxyl groups excluding tert-OH is 1. The highest BCUT2D eigenvalue weighted by molar-refractivity contribution is 5.19. The summed E-state index contributed by atoms with van der Waals surface area (Å²) in [6, 6.07) is 3.30. The van der Waals surface area contributed by atoms with E-state index >= 15 is 0 Å². The Bertz CT molecular complexity index is 523. The van der Waals surface area contributed by atoms with E-state index < -0.39 is 17.7 Å². The minimum Gasteiger partial charge on any atom is -0.389 e. The Morgan fingerprint density at radius 2 is 2.18 bits per heavy atom. The lowest BCUT2D eigenvalue weighted by molar-refractivity contribution is 0.199. The molecular weight excluding hydrogens is 226 g/mol. The number of aliphatic hydroxyl groups is 1. The molecule has 0 saturated carbocycles. The van der Waals surface area contributed by atoms with Crippen LogP contribution in [0.5, 0.6) is 0 Å². The monoisotopic (exact) mass is 238 g/mol. The van der Waals surface area contributed by atoms with Gasteiger partial charge in [0.2, 0.25) is 0 Å². The summed E-state index contributed by atoms with van der Waals surface area (Å²) in [4.78, 5) is 0. The number of aromatic nitrogens is 2. The van der Waals surface area contributed by atoms with Crippen LogP contribution in [-0.4, -0.2) is 14.9 Å². The predicted molar refractivity (Wildman–Crippen MR) is 58.3 cm³/mol. The van der Waals surface area contributed by atoms with Crippen molar-refractivity contribution in [1.82, 2.24) is 9.78 Å². The van der Waals surface area contributed by atoms with Crippen molar-refractivity contribution >= 4 is 0 Å². The standard InChI is InChI=1S/C12H12F2N2O/c1-8(17)10-5-15-16(7-10)6-9-4-11(13)2-3-12(9)14/h2-5,7-8,17H,6H2,1H3. The highest BCUT2D eigenvalue weighted by atomic mass is 19.1. The number of hydrogen-bond acceptors (Lipinski definition) is 2. The van der Waals surface area contributed by atoms with Crippen LogP contribution in [0.25, 0.3) is 0 Å². The molecule has 0 aliphatic carbocycles. The first-order valence-electron chi connectivity index (χ1n) is 5.20. The maximum atomic E-state index is 13.4. The molecule has 0 aliphatic rings. The van der Waals surface area contributed by atoms with Crippen LogP contribution < -0.4 is 0 Å². The fourth-order valence-electron chi connectivity index (χ4n) is 1.52. The van der Waals surface area contributed by atoms with E-state index in [1.54, 1.807) is 13.1 Å². The van der Waals surface area contributed by atoms with Crippen LogP contribution in [0.3, 0.4) is 0 Å². The molecule has 17 heavy (non-hydrogen) atoms. The van der Waals surface area contributed by atoms with Crippen LogP contribution in [0.15, 0.2) is 30.6 Å². The SMILES string of the molecule is CC(O)c1cnn(Cc2cc(F)ccc2F)c1. The van der Waals surface area contributed by atoms with E-state index in [4.69, 9.17) is 0 Å². The topological polar surface area (TPSA) is 38.1 Å².